The average Bonchev–Trinajstić information content (AvgIpc) is 2.75. The molecule has 0 radical (unpaired) electrons. The topological polar surface area (TPSA) is 60.9 Å². The van der Waals surface area contributed by atoms with Crippen LogP contribution in [-0.2, 0) is 4.79 Å². The smallest absolute Gasteiger partial charge is 0.261 e. The molecular formula is C16H21N3O3. The second-order valence-corrected chi connectivity index (χ2v) is 5.55. The van der Waals surface area contributed by atoms with Crippen molar-refractivity contribution in [2.24, 2.45) is 0 Å². The van der Waals surface area contributed by atoms with Gasteiger partial charge in [0.15, 0.2) is 0 Å². The zero-order valence-electron chi connectivity index (χ0n) is 13.2. The molecule has 0 aliphatic carbocycles. The lowest BCUT2D eigenvalue weighted by Gasteiger charge is -2.23. The van der Waals surface area contributed by atoms with Crippen molar-refractivity contribution in [3.8, 4) is 0 Å². The van der Waals surface area contributed by atoms with E-state index in [9.17, 15) is 14.4 Å². The summed E-state index contributed by atoms with van der Waals surface area (Å²) in [5.41, 5.74) is 0.956. The SMILES string of the molecule is CC(=O)N(C)CCN(C)CCN1C(=O)c2ccccc2C1=O. The van der Waals surface area contributed by atoms with Gasteiger partial charge in [-0.15, -0.1) is 0 Å². The molecule has 0 spiro atoms. The predicted molar refractivity (Wildman–Crippen MR) is 82.6 cm³/mol. The number of likely N-dealkylation sites (N-methyl/N-ethyl adjacent to an activating group) is 2. The average molecular weight is 303 g/mol. The van der Waals surface area contributed by atoms with Gasteiger partial charge in [-0.1, -0.05) is 12.1 Å². The number of carbonyl (C=O) groups excluding carboxylic acids is 3. The van der Waals surface area contributed by atoms with Gasteiger partial charge in [0.2, 0.25) is 5.91 Å². The van der Waals surface area contributed by atoms with E-state index in [1.54, 1.807) is 36.2 Å². The first kappa shape index (κ1) is 16.2. The Morgan fingerprint density at radius 3 is 2.05 bits per heavy atom. The first-order valence-electron chi connectivity index (χ1n) is 7.27. The van der Waals surface area contributed by atoms with Gasteiger partial charge in [0.05, 0.1) is 11.1 Å². The van der Waals surface area contributed by atoms with Crippen molar-refractivity contribution in [1.82, 2.24) is 14.7 Å². The predicted octanol–water partition coefficient (Wildman–Crippen LogP) is 0.693. The molecule has 0 aromatic heterocycles. The van der Waals surface area contributed by atoms with Crippen LogP contribution in [0, 0.1) is 0 Å². The van der Waals surface area contributed by atoms with Crippen LogP contribution in [0.15, 0.2) is 24.3 Å². The Morgan fingerprint density at radius 1 is 1.00 bits per heavy atom. The molecule has 0 unspecified atom stereocenters. The number of hydrogen-bond acceptors (Lipinski definition) is 4. The molecule has 1 aliphatic heterocycles. The quantitative estimate of drug-likeness (QED) is 0.726. The van der Waals surface area contributed by atoms with Crippen LogP contribution < -0.4 is 0 Å². The summed E-state index contributed by atoms with van der Waals surface area (Å²) in [6.07, 6.45) is 0. The number of nitrogens with zero attached hydrogens (tertiary/aromatic N) is 3. The maximum atomic E-state index is 12.2. The van der Waals surface area contributed by atoms with Gasteiger partial charge < -0.3 is 9.80 Å². The molecule has 0 fully saturated rings. The molecule has 1 aromatic rings. The molecule has 1 heterocycles. The fraction of sp³-hybridized carbons (Fsp3) is 0.438. The maximum absolute atomic E-state index is 12.2. The van der Waals surface area contributed by atoms with Crippen molar-refractivity contribution in [2.75, 3.05) is 40.3 Å². The fourth-order valence-corrected chi connectivity index (χ4v) is 2.30. The third-order valence-corrected chi connectivity index (χ3v) is 3.94. The van der Waals surface area contributed by atoms with Gasteiger partial charge in [0.25, 0.3) is 11.8 Å². The van der Waals surface area contributed by atoms with Crippen LogP contribution in [0.25, 0.3) is 0 Å². The molecular weight excluding hydrogens is 282 g/mol. The van der Waals surface area contributed by atoms with Gasteiger partial charge in [0.1, 0.15) is 0 Å². The molecule has 3 amide bonds. The number of amides is 3. The van der Waals surface area contributed by atoms with E-state index in [2.05, 4.69) is 0 Å². The lowest BCUT2D eigenvalue weighted by atomic mass is 10.1. The number of imide groups is 1. The summed E-state index contributed by atoms with van der Waals surface area (Å²) in [5.74, 6) is -0.432. The third-order valence-electron chi connectivity index (χ3n) is 3.94. The second kappa shape index (κ2) is 6.70. The summed E-state index contributed by atoms with van der Waals surface area (Å²) in [5, 5.41) is 0. The highest BCUT2D eigenvalue weighted by Gasteiger charge is 2.34. The van der Waals surface area contributed by atoms with Crippen LogP contribution in [-0.4, -0.2) is 72.7 Å². The summed E-state index contributed by atoms with van der Waals surface area (Å²) in [6.45, 7) is 3.77. The number of rotatable bonds is 6. The van der Waals surface area contributed by atoms with Crippen LogP contribution >= 0.6 is 0 Å². The van der Waals surface area contributed by atoms with Gasteiger partial charge >= 0.3 is 0 Å². The van der Waals surface area contributed by atoms with E-state index in [0.29, 0.717) is 37.3 Å². The van der Waals surface area contributed by atoms with E-state index in [4.69, 9.17) is 0 Å². The molecule has 2 rings (SSSR count). The van der Waals surface area contributed by atoms with Crippen LogP contribution in [0.5, 0.6) is 0 Å². The van der Waals surface area contributed by atoms with E-state index in [0.717, 1.165) is 0 Å². The van der Waals surface area contributed by atoms with Gasteiger partial charge in [-0.2, -0.15) is 0 Å². The summed E-state index contributed by atoms with van der Waals surface area (Å²) < 4.78 is 0. The first-order valence-corrected chi connectivity index (χ1v) is 7.27. The van der Waals surface area contributed by atoms with Gasteiger partial charge in [0, 0.05) is 40.2 Å². The van der Waals surface area contributed by atoms with Crippen LogP contribution in [0.4, 0.5) is 0 Å². The molecule has 6 nitrogen and oxygen atoms in total. The Balaban J connectivity index is 1.87. The highest BCUT2D eigenvalue weighted by atomic mass is 16.2. The monoisotopic (exact) mass is 303 g/mol. The highest BCUT2D eigenvalue weighted by molar-refractivity contribution is 6.21. The minimum absolute atomic E-state index is 0.0220. The lowest BCUT2D eigenvalue weighted by molar-refractivity contribution is -0.127. The van der Waals surface area contributed by atoms with Gasteiger partial charge in [-0.05, 0) is 19.2 Å². The minimum atomic E-state index is -0.227. The van der Waals surface area contributed by atoms with Crippen molar-refractivity contribution >= 4 is 17.7 Å². The van der Waals surface area contributed by atoms with E-state index in [1.807, 2.05) is 11.9 Å². The molecule has 0 atom stereocenters. The molecule has 1 aromatic carbocycles. The molecule has 6 heteroatoms. The van der Waals surface area contributed by atoms with Gasteiger partial charge in [-0.25, -0.2) is 0 Å². The summed E-state index contributed by atoms with van der Waals surface area (Å²) >= 11 is 0. The van der Waals surface area contributed by atoms with E-state index < -0.39 is 0 Å². The highest BCUT2D eigenvalue weighted by Crippen LogP contribution is 2.21. The Morgan fingerprint density at radius 2 is 1.55 bits per heavy atom. The molecule has 118 valence electrons. The van der Waals surface area contributed by atoms with Crippen molar-refractivity contribution in [3.05, 3.63) is 35.4 Å². The maximum Gasteiger partial charge on any atom is 0.261 e. The number of hydrogen-bond donors (Lipinski definition) is 0. The van der Waals surface area contributed by atoms with Crippen molar-refractivity contribution < 1.29 is 14.4 Å². The summed E-state index contributed by atoms with van der Waals surface area (Å²) in [6, 6.07) is 6.89. The molecule has 22 heavy (non-hydrogen) atoms. The minimum Gasteiger partial charge on any atom is -0.345 e. The zero-order valence-corrected chi connectivity index (χ0v) is 13.2. The summed E-state index contributed by atoms with van der Waals surface area (Å²) in [4.78, 5) is 40.5. The van der Waals surface area contributed by atoms with E-state index in [-0.39, 0.29) is 17.7 Å². The third kappa shape index (κ3) is 3.33. The molecule has 0 bridgehead atoms. The second-order valence-electron chi connectivity index (χ2n) is 5.55. The van der Waals surface area contributed by atoms with E-state index in [1.165, 1.54) is 11.8 Å². The number of benzene rings is 1. The Labute approximate surface area is 130 Å². The standard InChI is InChI=1S/C16H21N3O3/c1-12(20)18(3)10-8-17(2)9-11-19-15(21)13-6-4-5-7-14(13)16(19)22/h4-7H,8-11H2,1-3H3. The lowest BCUT2D eigenvalue weighted by Crippen LogP contribution is -2.39. The molecule has 0 N–H and O–H groups in total. The Kier molecular flexibility index (Phi) is 4.92. The van der Waals surface area contributed by atoms with Crippen molar-refractivity contribution in [1.29, 1.82) is 0 Å². The molecule has 0 saturated heterocycles. The summed E-state index contributed by atoms with van der Waals surface area (Å²) in [7, 11) is 3.66. The van der Waals surface area contributed by atoms with E-state index >= 15 is 0 Å². The Bertz CT molecular complexity index is 565. The zero-order chi connectivity index (χ0) is 16.3. The fourth-order valence-electron chi connectivity index (χ4n) is 2.30. The normalized spacial score (nSPS) is 13.7. The largest absolute Gasteiger partial charge is 0.345 e. The number of fused-ring (bicyclic) bond motifs is 1. The van der Waals surface area contributed by atoms with Crippen LogP contribution in [0.3, 0.4) is 0 Å². The molecule has 0 saturated carbocycles. The van der Waals surface area contributed by atoms with Crippen molar-refractivity contribution in [3.63, 3.8) is 0 Å². The van der Waals surface area contributed by atoms with Crippen LogP contribution in [0.1, 0.15) is 27.6 Å². The number of carbonyl (C=O) groups is 3. The molecule has 1 aliphatic rings. The van der Waals surface area contributed by atoms with Gasteiger partial charge in [-0.3, -0.25) is 19.3 Å². The Hall–Kier alpha value is -2.21. The first-order chi connectivity index (χ1) is 10.4. The van der Waals surface area contributed by atoms with Crippen molar-refractivity contribution in [2.45, 2.75) is 6.92 Å². The van der Waals surface area contributed by atoms with Crippen LogP contribution in [0.2, 0.25) is 0 Å².